The average Bonchev–Trinajstić information content (AvgIpc) is 2.96. The fourth-order valence-corrected chi connectivity index (χ4v) is 5.97. The van der Waals surface area contributed by atoms with Gasteiger partial charge in [-0.1, -0.05) is 0 Å². The lowest BCUT2D eigenvalue weighted by Crippen LogP contribution is -2.75. The maximum Gasteiger partial charge on any atom is 0.460 e. The molecule has 0 aromatic heterocycles. The maximum absolute atomic E-state index is 14.2. The van der Waals surface area contributed by atoms with Crippen molar-refractivity contribution in [2.24, 2.45) is 0 Å². The van der Waals surface area contributed by atoms with Gasteiger partial charge in [-0.05, 0) is 20.8 Å². The van der Waals surface area contributed by atoms with Crippen LogP contribution in [0.3, 0.4) is 0 Å². The minimum Gasteiger partial charge on any atom is -0.726 e. The average molecular weight is 823 g/mol. The summed E-state index contributed by atoms with van der Waals surface area (Å²) in [6, 6.07) is -0.100. The Labute approximate surface area is 274 Å². The van der Waals surface area contributed by atoms with Gasteiger partial charge in [-0.2, -0.15) is 74.6 Å². The molecule has 0 atom stereocenters. The van der Waals surface area contributed by atoms with Gasteiger partial charge in [-0.25, -0.2) is 21.6 Å². The molecule has 0 amide bonds. The molecule has 0 radical (unpaired) electrons. The van der Waals surface area contributed by atoms with Crippen molar-refractivity contribution < 1.29 is 109 Å². The van der Waals surface area contributed by atoms with Gasteiger partial charge in [0.25, 0.3) is 10.0 Å². The molecule has 0 aromatic carbocycles. The van der Waals surface area contributed by atoms with E-state index >= 15 is 0 Å². The number of hydrogen-bond donors (Lipinski definition) is 1. The SMILES string of the molecule is CCOS(=O)(=O)[O-].CC[N+](CC)(CCCNS(=O)(=O)C(F)(F)C(F)(F)C(F)(F)C(F)(F)C(F)(F)C(F)(F)C(F)(F)C(F)(F)F)C1CCOCC1. The summed E-state index contributed by atoms with van der Waals surface area (Å²) in [5, 5.41) is -7.55. The van der Waals surface area contributed by atoms with Crippen molar-refractivity contribution in [1.82, 2.24) is 4.72 Å². The quantitative estimate of drug-likeness (QED) is 0.0650. The van der Waals surface area contributed by atoms with Gasteiger partial charge in [0.05, 0.1) is 45.5 Å². The second kappa shape index (κ2) is 15.9. The molecular weight excluding hydrogens is 791 g/mol. The third-order valence-electron chi connectivity index (χ3n) is 7.59. The van der Waals surface area contributed by atoms with E-state index in [0.717, 1.165) is 0 Å². The Balaban J connectivity index is 0.00000308. The van der Waals surface area contributed by atoms with E-state index in [1.54, 1.807) is 13.8 Å². The summed E-state index contributed by atoms with van der Waals surface area (Å²) in [5.74, 6) is -51.6. The normalized spacial score (nSPS) is 17.4. The predicted molar refractivity (Wildman–Crippen MR) is 134 cm³/mol. The van der Waals surface area contributed by atoms with Crippen LogP contribution in [-0.2, 0) is 29.3 Å². The van der Waals surface area contributed by atoms with Crippen molar-refractivity contribution in [3.8, 4) is 0 Å². The summed E-state index contributed by atoms with van der Waals surface area (Å²) >= 11 is 0. The number of halogens is 17. The maximum atomic E-state index is 14.2. The predicted octanol–water partition coefficient (Wildman–Crippen LogP) is 5.78. The highest BCUT2D eigenvalue weighted by molar-refractivity contribution is 7.90. The molecule has 0 bridgehead atoms. The summed E-state index contributed by atoms with van der Waals surface area (Å²) in [5.41, 5.74) is 0. The van der Waals surface area contributed by atoms with Crippen LogP contribution < -0.4 is 4.72 Å². The molecular formula is C22H31F17N2O7S2. The molecule has 1 rings (SSSR count). The van der Waals surface area contributed by atoms with Gasteiger partial charge in [0.1, 0.15) is 0 Å². The number of nitrogens with zero attached hydrogens (tertiary/aromatic N) is 1. The van der Waals surface area contributed by atoms with Gasteiger partial charge in [-0.3, -0.25) is 4.18 Å². The van der Waals surface area contributed by atoms with Crippen molar-refractivity contribution in [3.63, 3.8) is 0 Å². The molecule has 28 heteroatoms. The lowest BCUT2D eigenvalue weighted by Gasteiger charge is -2.45. The summed E-state index contributed by atoms with van der Waals surface area (Å²) in [7, 11) is -11.7. The van der Waals surface area contributed by atoms with E-state index < -0.39 is 80.4 Å². The third kappa shape index (κ3) is 8.99. The van der Waals surface area contributed by atoms with E-state index in [1.165, 1.54) is 6.92 Å². The fraction of sp³-hybridized carbons (Fsp3) is 1.00. The van der Waals surface area contributed by atoms with Crippen LogP contribution in [0.15, 0.2) is 0 Å². The van der Waals surface area contributed by atoms with E-state index in [-0.39, 0.29) is 23.7 Å². The molecule has 0 saturated carbocycles. The standard InChI is InChI=1S/C20H26F17N2O3S.C2H6O4S/c1-3-39(4-2,12-6-10-42-11-7-12)9-5-8-38-43(40,41)20(36,37)18(31,32)16(27,28)14(23,24)13(21,22)15(25,26)17(29,30)19(33,34)35;1-2-6-7(3,4)5/h12,38H,3-11H2,1-2H3;2H2,1H3,(H,3,4,5)/q+1;/p-1. The Morgan fingerprint density at radius 3 is 1.38 bits per heavy atom. The number of rotatable bonds is 17. The van der Waals surface area contributed by atoms with Crippen LogP contribution in [0, 0.1) is 0 Å². The highest BCUT2D eigenvalue weighted by atomic mass is 32.3. The molecule has 0 spiro atoms. The molecule has 302 valence electrons. The lowest BCUT2D eigenvalue weighted by molar-refractivity contribution is -0.949. The first-order chi connectivity index (χ1) is 22.0. The summed E-state index contributed by atoms with van der Waals surface area (Å²) in [4.78, 5) is 0. The zero-order chi connectivity index (χ0) is 40.3. The van der Waals surface area contributed by atoms with E-state index in [4.69, 9.17) is 4.74 Å². The molecule has 0 aliphatic carbocycles. The lowest BCUT2D eigenvalue weighted by atomic mass is 9.91. The number of ether oxygens (including phenoxy) is 1. The van der Waals surface area contributed by atoms with Crippen LogP contribution in [-0.4, -0.2) is 125 Å². The second-order valence-electron chi connectivity index (χ2n) is 10.4. The zero-order valence-electron chi connectivity index (χ0n) is 25.7. The van der Waals surface area contributed by atoms with Gasteiger partial charge < -0.3 is 13.8 Å². The van der Waals surface area contributed by atoms with Crippen molar-refractivity contribution >= 4 is 20.4 Å². The minimum atomic E-state index is -8.84. The van der Waals surface area contributed by atoms with Gasteiger partial charge in [-0.15, -0.1) is 0 Å². The molecule has 1 N–H and O–H groups in total. The first-order valence-electron chi connectivity index (χ1n) is 13.7. The Kier molecular flexibility index (Phi) is 15.4. The van der Waals surface area contributed by atoms with Crippen LogP contribution in [0.2, 0.25) is 0 Å². The van der Waals surface area contributed by atoms with Crippen LogP contribution in [0.5, 0.6) is 0 Å². The van der Waals surface area contributed by atoms with Gasteiger partial charge >= 0.3 is 47.0 Å². The largest absolute Gasteiger partial charge is 0.726 e. The van der Waals surface area contributed by atoms with E-state index in [0.29, 0.717) is 43.9 Å². The molecule has 0 unspecified atom stereocenters. The second-order valence-corrected chi connectivity index (χ2v) is 13.3. The number of hydrogen-bond acceptors (Lipinski definition) is 7. The number of alkyl halides is 17. The topological polar surface area (TPSA) is 122 Å². The first-order valence-corrected chi connectivity index (χ1v) is 16.6. The molecule has 1 aliphatic rings. The molecule has 1 saturated heterocycles. The van der Waals surface area contributed by atoms with Crippen molar-refractivity contribution in [2.45, 2.75) is 93.0 Å². The first kappa shape index (κ1) is 48.5. The summed E-state index contributed by atoms with van der Waals surface area (Å²) in [6.45, 7) is 4.80. The van der Waals surface area contributed by atoms with E-state index in [1.807, 2.05) is 0 Å². The van der Waals surface area contributed by atoms with Crippen LogP contribution in [0.4, 0.5) is 74.6 Å². The van der Waals surface area contributed by atoms with Crippen molar-refractivity contribution in [1.29, 1.82) is 0 Å². The number of quaternary nitrogens is 1. The van der Waals surface area contributed by atoms with Crippen LogP contribution in [0.25, 0.3) is 0 Å². The molecule has 50 heavy (non-hydrogen) atoms. The fourth-order valence-electron chi connectivity index (χ4n) is 4.63. The number of nitrogens with one attached hydrogen (secondary N) is 1. The molecule has 1 heterocycles. The van der Waals surface area contributed by atoms with E-state index in [9.17, 15) is 96.0 Å². The summed E-state index contributed by atoms with van der Waals surface area (Å²) < 4.78 is 290. The minimum absolute atomic E-state index is 0.0505. The van der Waals surface area contributed by atoms with Crippen molar-refractivity contribution in [2.75, 3.05) is 46.0 Å². The molecule has 1 aliphatic heterocycles. The van der Waals surface area contributed by atoms with Crippen molar-refractivity contribution in [3.05, 3.63) is 0 Å². The molecule has 9 nitrogen and oxygen atoms in total. The summed E-state index contributed by atoms with van der Waals surface area (Å²) in [6.07, 6.45) is -7.36. The van der Waals surface area contributed by atoms with Gasteiger partial charge in [0.2, 0.25) is 10.4 Å². The Morgan fingerprint density at radius 1 is 0.680 bits per heavy atom. The highest BCUT2D eigenvalue weighted by Gasteiger charge is 2.96. The third-order valence-corrected chi connectivity index (χ3v) is 9.63. The molecule has 0 aromatic rings. The van der Waals surface area contributed by atoms with Crippen LogP contribution in [0.1, 0.15) is 40.0 Å². The van der Waals surface area contributed by atoms with Gasteiger partial charge in [0.15, 0.2) is 0 Å². The Hall–Kier alpha value is -1.49. The highest BCUT2D eigenvalue weighted by Crippen LogP contribution is 2.64. The van der Waals surface area contributed by atoms with Crippen LogP contribution >= 0.6 is 0 Å². The zero-order valence-corrected chi connectivity index (χ0v) is 27.3. The number of sulfonamides is 1. The smallest absolute Gasteiger partial charge is 0.460 e. The Bertz CT molecular complexity index is 1320. The monoisotopic (exact) mass is 822 g/mol. The molecule has 1 fully saturated rings. The Morgan fingerprint density at radius 2 is 1.06 bits per heavy atom. The van der Waals surface area contributed by atoms with Gasteiger partial charge in [0, 0.05) is 25.8 Å². The van der Waals surface area contributed by atoms with E-state index in [2.05, 4.69) is 4.18 Å².